The highest BCUT2D eigenvalue weighted by molar-refractivity contribution is 5.92. The Bertz CT molecular complexity index is 944. The van der Waals surface area contributed by atoms with Gasteiger partial charge in [0.2, 0.25) is 11.7 Å². The number of nitrogens with zero attached hydrogens (tertiary/aromatic N) is 3. The molecule has 1 aromatic heterocycles. The van der Waals surface area contributed by atoms with Crippen LogP contribution in [0.2, 0.25) is 0 Å². The number of anilines is 2. The van der Waals surface area contributed by atoms with Crippen LogP contribution in [-0.4, -0.2) is 29.2 Å². The van der Waals surface area contributed by atoms with Gasteiger partial charge in [0.1, 0.15) is 5.69 Å². The van der Waals surface area contributed by atoms with Crippen LogP contribution in [0.3, 0.4) is 0 Å². The molecule has 0 fully saturated rings. The number of fused-ring (bicyclic) bond motifs is 4. The molecule has 29 heavy (non-hydrogen) atoms. The third kappa shape index (κ3) is 4.81. The summed E-state index contributed by atoms with van der Waals surface area (Å²) in [6.07, 6.45) is 4.68. The minimum absolute atomic E-state index is 0.0195. The Morgan fingerprint density at radius 1 is 1.34 bits per heavy atom. The van der Waals surface area contributed by atoms with E-state index < -0.39 is 16.7 Å². The van der Waals surface area contributed by atoms with E-state index in [0.717, 1.165) is 17.5 Å². The molecule has 9 heteroatoms. The monoisotopic (exact) mass is 398 g/mol. The molecule has 3 rings (SSSR count). The Hall–Kier alpha value is -3.62. The molecule has 1 aromatic carbocycles. The smallest absolute Gasteiger partial charge is 0.414 e. The maximum Gasteiger partial charge on any atom is 0.414 e. The maximum atomic E-state index is 12.7. The molecular weight excluding hydrogens is 376 g/mol. The van der Waals surface area contributed by atoms with Crippen molar-refractivity contribution in [3.63, 3.8) is 0 Å². The van der Waals surface area contributed by atoms with Gasteiger partial charge in [0, 0.05) is 6.07 Å². The maximum absolute atomic E-state index is 12.7. The van der Waals surface area contributed by atoms with Crippen LogP contribution < -0.4 is 15.4 Å². The normalized spacial score (nSPS) is 15.0. The molecule has 0 saturated heterocycles. The van der Waals surface area contributed by atoms with Gasteiger partial charge in [-0.25, -0.2) is 4.79 Å². The fraction of sp³-hybridized carbons (Fsp3) is 0.300. The molecule has 9 nitrogen and oxygen atoms in total. The molecule has 0 radical (unpaired) electrons. The summed E-state index contributed by atoms with van der Waals surface area (Å²) in [7, 11) is 0. The SMILES string of the molecule is CCOC(=O)N1Cc2cccc(c2)C/C=C/CCOc2cc1c([N+](=O)[O-])c(N)n2. The van der Waals surface area contributed by atoms with Gasteiger partial charge >= 0.3 is 11.8 Å². The van der Waals surface area contributed by atoms with E-state index in [2.05, 4.69) is 4.98 Å². The predicted molar refractivity (Wildman–Crippen MR) is 108 cm³/mol. The standard InChI is InChI=1S/C20H22N4O5/c1-2-28-20(25)23-13-15-9-6-8-14(11-15)7-4-3-5-10-29-17-12-16(23)18(24(26)27)19(21)22-17/h3-4,6,8-9,11-12H,2,5,7,10,13H2,1H3,(H2,21,22)/b4-3+. The van der Waals surface area contributed by atoms with Crippen LogP contribution in [0.5, 0.6) is 5.88 Å². The molecule has 0 aliphatic carbocycles. The van der Waals surface area contributed by atoms with E-state index in [1.54, 1.807) is 6.92 Å². The number of aromatic nitrogens is 1. The Balaban J connectivity index is 2.16. The summed E-state index contributed by atoms with van der Waals surface area (Å²) in [6.45, 7) is 2.18. The zero-order valence-corrected chi connectivity index (χ0v) is 16.0. The second kappa shape index (κ2) is 9.05. The third-order valence-corrected chi connectivity index (χ3v) is 4.32. The predicted octanol–water partition coefficient (Wildman–Crippen LogP) is 3.62. The number of allylic oxidation sites excluding steroid dienone is 1. The average Bonchev–Trinajstić information content (AvgIpc) is 2.68. The Morgan fingerprint density at radius 2 is 2.14 bits per heavy atom. The highest BCUT2D eigenvalue weighted by atomic mass is 16.6. The van der Waals surface area contributed by atoms with Gasteiger partial charge in [-0.1, -0.05) is 36.4 Å². The lowest BCUT2D eigenvalue weighted by Crippen LogP contribution is -2.32. The van der Waals surface area contributed by atoms with E-state index in [-0.39, 0.29) is 30.5 Å². The number of benzene rings is 1. The number of hydrogen-bond donors (Lipinski definition) is 1. The van der Waals surface area contributed by atoms with E-state index >= 15 is 0 Å². The zero-order chi connectivity index (χ0) is 20.8. The first-order chi connectivity index (χ1) is 14.0. The van der Waals surface area contributed by atoms with Crippen LogP contribution in [0.4, 0.5) is 22.0 Å². The highest BCUT2D eigenvalue weighted by Crippen LogP contribution is 2.37. The Labute approximate surface area is 167 Å². The number of rotatable bonds is 2. The highest BCUT2D eigenvalue weighted by Gasteiger charge is 2.30. The van der Waals surface area contributed by atoms with Crippen LogP contribution in [-0.2, 0) is 17.7 Å². The topological polar surface area (TPSA) is 121 Å². The van der Waals surface area contributed by atoms with Gasteiger partial charge in [-0.2, -0.15) is 4.98 Å². The first kappa shape index (κ1) is 20.1. The van der Waals surface area contributed by atoms with Gasteiger partial charge in [0.05, 0.1) is 24.7 Å². The van der Waals surface area contributed by atoms with Crippen molar-refractivity contribution < 1.29 is 19.2 Å². The van der Waals surface area contributed by atoms with Crippen molar-refractivity contribution in [2.24, 2.45) is 0 Å². The number of carbonyl (C=O) groups is 1. The quantitative estimate of drug-likeness (QED) is 0.466. The average molecular weight is 398 g/mol. The number of ether oxygens (including phenoxy) is 2. The van der Waals surface area contributed by atoms with Gasteiger partial charge in [-0.15, -0.1) is 0 Å². The van der Waals surface area contributed by atoms with E-state index in [9.17, 15) is 14.9 Å². The van der Waals surface area contributed by atoms with E-state index in [0.29, 0.717) is 13.0 Å². The summed E-state index contributed by atoms with van der Waals surface area (Å²) in [5, 5.41) is 11.7. The Morgan fingerprint density at radius 3 is 2.90 bits per heavy atom. The van der Waals surface area contributed by atoms with Gasteiger partial charge in [-0.3, -0.25) is 15.0 Å². The lowest BCUT2D eigenvalue weighted by Gasteiger charge is -2.23. The fourth-order valence-corrected chi connectivity index (χ4v) is 3.04. The van der Waals surface area contributed by atoms with Crippen molar-refractivity contribution in [2.45, 2.75) is 26.3 Å². The summed E-state index contributed by atoms with van der Waals surface area (Å²) < 4.78 is 10.7. The number of carbonyl (C=O) groups excluding carboxylic acids is 1. The van der Waals surface area contributed by atoms with Crippen molar-refractivity contribution in [3.8, 4) is 5.88 Å². The third-order valence-electron chi connectivity index (χ3n) is 4.32. The van der Waals surface area contributed by atoms with E-state index in [1.807, 2.05) is 36.4 Å². The summed E-state index contributed by atoms with van der Waals surface area (Å²) in [4.78, 5) is 28.9. The van der Waals surface area contributed by atoms with Crippen molar-refractivity contribution in [1.29, 1.82) is 0 Å². The number of nitrogens with two attached hydrogens (primary N) is 1. The lowest BCUT2D eigenvalue weighted by atomic mass is 10.1. The molecule has 2 heterocycles. The van der Waals surface area contributed by atoms with Crippen LogP contribution in [0.15, 0.2) is 42.5 Å². The summed E-state index contributed by atoms with van der Waals surface area (Å²) in [5.41, 5.74) is 7.22. The molecule has 0 atom stereocenters. The molecule has 4 bridgehead atoms. The van der Waals surface area contributed by atoms with Gasteiger partial charge in [0.15, 0.2) is 0 Å². The number of nitro groups is 1. The molecule has 152 valence electrons. The van der Waals surface area contributed by atoms with Gasteiger partial charge in [0.25, 0.3) is 0 Å². The summed E-state index contributed by atoms with van der Waals surface area (Å²) in [5.74, 6) is -0.218. The molecule has 2 N–H and O–H groups in total. The zero-order valence-electron chi connectivity index (χ0n) is 16.0. The number of pyridine rings is 1. The van der Waals surface area contributed by atoms with Crippen LogP contribution in [0, 0.1) is 10.1 Å². The summed E-state index contributed by atoms with van der Waals surface area (Å²) >= 11 is 0. The van der Waals surface area contributed by atoms with Crippen molar-refractivity contribution in [1.82, 2.24) is 4.98 Å². The van der Waals surface area contributed by atoms with Gasteiger partial charge in [-0.05, 0) is 30.9 Å². The van der Waals surface area contributed by atoms with Crippen LogP contribution in [0.1, 0.15) is 24.5 Å². The number of nitrogen functional groups attached to an aromatic ring is 1. The first-order valence-electron chi connectivity index (χ1n) is 9.24. The van der Waals surface area contributed by atoms with E-state index in [4.69, 9.17) is 15.2 Å². The van der Waals surface area contributed by atoms with Crippen LogP contribution >= 0.6 is 0 Å². The van der Waals surface area contributed by atoms with Crippen molar-refractivity contribution in [2.75, 3.05) is 23.8 Å². The molecule has 1 amide bonds. The fourth-order valence-electron chi connectivity index (χ4n) is 3.04. The van der Waals surface area contributed by atoms with Crippen molar-refractivity contribution >= 4 is 23.3 Å². The molecule has 0 unspecified atom stereocenters. The number of amides is 1. The van der Waals surface area contributed by atoms with Crippen LogP contribution in [0.25, 0.3) is 0 Å². The molecule has 0 saturated carbocycles. The minimum atomic E-state index is -0.718. The minimum Gasteiger partial charge on any atom is -0.477 e. The molecule has 2 aromatic rings. The molecular formula is C20H22N4O5. The molecule has 1 aliphatic rings. The second-order valence-corrected chi connectivity index (χ2v) is 6.39. The summed E-state index contributed by atoms with van der Waals surface area (Å²) in [6, 6.07) is 9.02. The first-order valence-corrected chi connectivity index (χ1v) is 9.24. The van der Waals surface area contributed by atoms with Gasteiger partial charge < -0.3 is 15.2 Å². The Kier molecular flexibility index (Phi) is 6.28. The largest absolute Gasteiger partial charge is 0.477 e. The van der Waals surface area contributed by atoms with Crippen molar-refractivity contribution in [3.05, 3.63) is 63.7 Å². The second-order valence-electron chi connectivity index (χ2n) is 6.39. The number of hydrogen-bond acceptors (Lipinski definition) is 7. The lowest BCUT2D eigenvalue weighted by molar-refractivity contribution is -0.383. The molecule has 1 aliphatic heterocycles. The molecule has 0 spiro atoms. The van der Waals surface area contributed by atoms with E-state index in [1.165, 1.54) is 11.0 Å².